The van der Waals surface area contributed by atoms with Crippen LogP contribution in [0.2, 0.25) is 0 Å². The largest absolute Gasteiger partial charge is 0.385 e. The maximum atomic E-state index is 11.1. The Morgan fingerprint density at radius 1 is 1.22 bits per heavy atom. The van der Waals surface area contributed by atoms with Crippen LogP contribution in [0.25, 0.3) is 0 Å². The molecule has 18 heavy (non-hydrogen) atoms. The number of nitrogens with one attached hydrogen (secondary N) is 1. The number of rotatable bonds is 5. The van der Waals surface area contributed by atoms with E-state index in [-0.39, 0.29) is 4.90 Å². The molecule has 1 aliphatic carbocycles. The lowest BCUT2D eigenvalue weighted by molar-refractivity contribution is 0.598. The lowest BCUT2D eigenvalue weighted by Gasteiger charge is -2.07. The monoisotopic (exact) mass is 266 g/mol. The van der Waals surface area contributed by atoms with Gasteiger partial charge in [0.1, 0.15) is 0 Å². The van der Waals surface area contributed by atoms with Gasteiger partial charge >= 0.3 is 0 Å². The van der Waals surface area contributed by atoms with Crippen molar-refractivity contribution in [1.82, 2.24) is 0 Å². The van der Waals surface area contributed by atoms with Crippen LogP contribution < -0.4 is 10.5 Å². The van der Waals surface area contributed by atoms with Crippen molar-refractivity contribution in [2.45, 2.75) is 30.6 Å². The Kier molecular flexibility index (Phi) is 4.04. The molecule has 0 saturated carbocycles. The third-order valence-electron chi connectivity index (χ3n) is 3.09. The molecule has 0 unspecified atom stereocenters. The summed E-state index contributed by atoms with van der Waals surface area (Å²) in [5, 5.41) is 8.31. The highest BCUT2D eigenvalue weighted by molar-refractivity contribution is 7.89. The fourth-order valence-electron chi connectivity index (χ4n) is 2.09. The van der Waals surface area contributed by atoms with Crippen molar-refractivity contribution in [3.05, 3.63) is 35.9 Å². The van der Waals surface area contributed by atoms with Gasteiger partial charge in [-0.1, -0.05) is 11.6 Å². The molecule has 98 valence electrons. The number of sulfonamides is 1. The second-order valence-corrected chi connectivity index (χ2v) is 6.06. The predicted molar refractivity (Wildman–Crippen MR) is 72.9 cm³/mol. The van der Waals surface area contributed by atoms with Crippen molar-refractivity contribution >= 4 is 15.7 Å². The molecule has 5 heteroatoms. The minimum Gasteiger partial charge on any atom is -0.385 e. The fraction of sp³-hybridized carbons (Fsp3) is 0.385. The van der Waals surface area contributed by atoms with Gasteiger partial charge in [-0.15, -0.1) is 0 Å². The molecule has 0 atom stereocenters. The van der Waals surface area contributed by atoms with Crippen LogP contribution in [0.4, 0.5) is 5.69 Å². The molecule has 4 nitrogen and oxygen atoms in total. The first-order valence-corrected chi connectivity index (χ1v) is 7.65. The van der Waals surface area contributed by atoms with E-state index in [4.69, 9.17) is 5.14 Å². The highest BCUT2D eigenvalue weighted by atomic mass is 32.2. The number of hydrogen-bond donors (Lipinski definition) is 2. The zero-order chi connectivity index (χ0) is 13.0. The van der Waals surface area contributed by atoms with E-state index in [0.29, 0.717) is 0 Å². The molecule has 0 heterocycles. The molecule has 1 aromatic carbocycles. The van der Waals surface area contributed by atoms with Crippen LogP contribution in [0.5, 0.6) is 0 Å². The van der Waals surface area contributed by atoms with E-state index in [1.54, 1.807) is 12.1 Å². The zero-order valence-electron chi connectivity index (χ0n) is 10.2. The highest BCUT2D eigenvalue weighted by Gasteiger charge is 2.07. The van der Waals surface area contributed by atoms with E-state index in [1.165, 1.54) is 37.0 Å². The molecule has 0 aliphatic heterocycles. The summed E-state index contributed by atoms with van der Waals surface area (Å²) < 4.78 is 22.2. The summed E-state index contributed by atoms with van der Waals surface area (Å²) in [7, 11) is -3.59. The summed E-state index contributed by atoms with van der Waals surface area (Å²) in [6.07, 6.45) is 7.06. The molecule has 1 aliphatic rings. The average molecular weight is 266 g/mol. The summed E-state index contributed by atoms with van der Waals surface area (Å²) in [5.41, 5.74) is 2.43. The second kappa shape index (κ2) is 5.54. The van der Waals surface area contributed by atoms with Crippen LogP contribution in [0.3, 0.4) is 0 Å². The Morgan fingerprint density at radius 2 is 1.94 bits per heavy atom. The highest BCUT2D eigenvalue weighted by Crippen LogP contribution is 2.20. The molecule has 0 aromatic heterocycles. The van der Waals surface area contributed by atoms with Crippen molar-refractivity contribution in [2.75, 3.05) is 11.9 Å². The van der Waals surface area contributed by atoms with Gasteiger partial charge in [-0.2, -0.15) is 0 Å². The van der Waals surface area contributed by atoms with Gasteiger partial charge in [-0.05, 0) is 49.9 Å². The standard InChI is InChI=1S/C13H18N2O2S/c14-18(16,17)13-7-5-12(6-8-13)15-10-9-11-3-1-2-4-11/h3,5-8,15H,1-2,4,9-10H2,(H2,14,16,17). The molecule has 0 saturated heterocycles. The third-order valence-corrected chi connectivity index (χ3v) is 4.02. The van der Waals surface area contributed by atoms with Crippen molar-refractivity contribution < 1.29 is 8.42 Å². The van der Waals surface area contributed by atoms with Gasteiger partial charge in [0, 0.05) is 12.2 Å². The molecule has 0 amide bonds. The van der Waals surface area contributed by atoms with E-state index in [9.17, 15) is 8.42 Å². The summed E-state index contributed by atoms with van der Waals surface area (Å²) in [5.74, 6) is 0. The molecule has 1 aromatic rings. The molecule has 3 N–H and O–H groups in total. The third kappa shape index (κ3) is 3.58. The van der Waals surface area contributed by atoms with E-state index in [0.717, 1.165) is 18.7 Å². The van der Waals surface area contributed by atoms with Crippen LogP contribution in [0, 0.1) is 0 Å². The minimum absolute atomic E-state index is 0.145. The number of anilines is 1. The first kappa shape index (κ1) is 13.1. The lowest BCUT2D eigenvalue weighted by Crippen LogP contribution is -2.12. The topological polar surface area (TPSA) is 72.2 Å². The first-order chi connectivity index (χ1) is 8.55. The Morgan fingerprint density at radius 3 is 2.50 bits per heavy atom. The normalized spacial score (nSPS) is 15.5. The van der Waals surface area contributed by atoms with Crippen LogP contribution in [-0.2, 0) is 10.0 Å². The number of nitrogens with two attached hydrogens (primary N) is 1. The summed E-state index contributed by atoms with van der Waals surface area (Å²) >= 11 is 0. The smallest absolute Gasteiger partial charge is 0.238 e. The first-order valence-electron chi connectivity index (χ1n) is 6.10. The Balaban J connectivity index is 1.86. The second-order valence-electron chi connectivity index (χ2n) is 4.50. The van der Waals surface area contributed by atoms with E-state index in [2.05, 4.69) is 11.4 Å². The molecule has 0 spiro atoms. The van der Waals surface area contributed by atoms with E-state index in [1.807, 2.05) is 0 Å². The Hall–Kier alpha value is -1.33. The van der Waals surface area contributed by atoms with Crippen molar-refractivity contribution in [3.8, 4) is 0 Å². The van der Waals surface area contributed by atoms with Gasteiger partial charge in [0.05, 0.1) is 4.90 Å². The summed E-state index contributed by atoms with van der Waals surface area (Å²) in [6.45, 7) is 0.876. The molecule has 0 radical (unpaired) electrons. The number of primary sulfonamides is 1. The van der Waals surface area contributed by atoms with E-state index >= 15 is 0 Å². The fourth-order valence-corrected chi connectivity index (χ4v) is 2.61. The Bertz CT molecular complexity index is 533. The van der Waals surface area contributed by atoms with Crippen molar-refractivity contribution in [2.24, 2.45) is 5.14 Å². The van der Waals surface area contributed by atoms with Crippen LogP contribution in [0.15, 0.2) is 40.8 Å². The molecule has 2 rings (SSSR count). The number of hydrogen-bond acceptors (Lipinski definition) is 3. The molecule has 0 fully saturated rings. The van der Waals surface area contributed by atoms with E-state index < -0.39 is 10.0 Å². The predicted octanol–water partition coefficient (Wildman–Crippen LogP) is 2.25. The number of benzene rings is 1. The quantitative estimate of drug-likeness (QED) is 0.803. The molecule has 0 bridgehead atoms. The van der Waals surface area contributed by atoms with Crippen LogP contribution in [-0.4, -0.2) is 15.0 Å². The van der Waals surface area contributed by atoms with Gasteiger partial charge < -0.3 is 5.32 Å². The lowest BCUT2D eigenvalue weighted by atomic mass is 10.1. The number of allylic oxidation sites excluding steroid dienone is 1. The van der Waals surface area contributed by atoms with Crippen LogP contribution >= 0.6 is 0 Å². The van der Waals surface area contributed by atoms with Crippen LogP contribution in [0.1, 0.15) is 25.7 Å². The average Bonchev–Trinajstić information content (AvgIpc) is 2.82. The maximum Gasteiger partial charge on any atom is 0.238 e. The zero-order valence-corrected chi connectivity index (χ0v) is 11.0. The Labute approximate surface area is 108 Å². The van der Waals surface area contributed by atoms with Gasteiger partial charge in [0.2, 0.25) is 10.0 Å². The summed E-state index contributed by atoms with van der Waals surface area (Å²) in [4.78, 5) is 0.145. The van der Waals surface area contributed by atoms with Gasteiger partial charge in [-0.3, -0.25) is 0 Å². The maximum absolute atomic E-state index is 11.1. The van der Waals surface area contributed by atoms with Gasteiger partial charge in [-0.25, -0.2) is 13.6 Å². The molecular formula is C13H18N2O2S. The molecular weight excluding hydrogens is 248 g/mol. The van der Waals surface area contributed by atoms with Crippen molar-refractivity contribution in [1.29, 1.82) is 0 Å². The van der Waals surface area contributed by atoms with Gasteiger partial charge in [0.25, 0.3) is 0 Å². The minimum atomic E-state index is -3.59. The SMILES string of the molecule is NS(=O)(=O)c1ccc(NCCC2=CCCC2)cc1. The summed E-state index contributed by atoms with van der Waals surface area (Å²) in [6, 6.07) is 6.52. The van der Waals surface area contributed by atoms with Crippen molar-refractivity contribution in [3.63, 3.8) is 0 Å². The van der Waals surface area contributed by atoms with Gasteiger partial charge in [0.15, 0.2) is 0 Å².